The Hall–Kier alpha value is -1.30. The molecule has 1 aromatic rings. The fourth-order valence-corrected chi connectivity index (χ4v) is 2.53. The van der Waals surface area contributed by atoms with E-state index in [1.54, 1.807) is 14.2 Å². The first kappa shape index (κ1) is 15.1. The summed E-state index contributed by atoms with van der Waals surface area (Å²) < 4.78 is 16.5. The van der Waals surface area contributed by atoms with Crippen molar-refractivity contribution in [3.8, 4) is 11.5 Å². The van der Waals surface area contributed by atoms with Gasteiger partial charge in [-0.1, -0.05) is 6.92 Å². The number of hydrogen-bond acceptors (Lipinski definition) is 5. The van der Waals surface area contributed by atoms with Crippen LogP contribution in [0.3, 0.4) is 0 Å². The number of nitrogens with two attached hydrogens (primary N) is 1. The number of likely N-dealkylation sites (N-methyl/N-ethyl adjacent to an activating group) is 1. The van der Waals surface area contributed by atoms with Gasteiger partial charge in [0, 0.05) is 24.7 Å². The highest BCUT2D eigenvalue weighted by molar-refractivity contribution is 5.42. The first-order chi connectivity index (χ1) is 9.69. The molecule has 2 N–H and O–H groups in total. The summed E-state index contributed by atoms with van der Waals surface area (Å²) in [7, 11) is 3.28. The molecule has 5 heteroatoms. The molecule has 0 aliphatic carbocycles. The van der Waals surface area contributed by atoms with Crippen molar-refractivity contribution in [2.45, 2.75) is 19.1 Å². The van der Waals surface area contributed by atoms with Crippen molar-refractivity contribution in [1.82, 2.24) is 4.90 Å². The van der Waals surface area contributed by atoms with E-state index in [4.69, 9.17) is 19.9 Å². The monoisotopic (exact) mass is 280 g/mol. The summed E-state index contributed by atoms with van der Waals surface area (Å²) in [5, 5.41) is 0. The van der Waals surface area contributed by atoms with Crippen LogP contribution in [0, 0.1) is 0 Å². The van der Waals surface area contributed by atoms with Crippen molar-refractivity contribution in [2.24, 2.45) is 5.73 Å². The van der Waals surface area contributed by atoms with E-state index in [-0.39, 0.29) is 12.1 Å². The number of nitrogens with zero attached hydrogens (tertiary/aromatic N) is 1. The van der Waals surface area contributed by atoms with Crippen molar-refractivity contribution in [2.75, 3.05) is 40.5 Å². The summed E-state index contributed by atoms with van der Waals surface area (Å²) in [5.41, 5.74) is 7.34. The minimum absolute atomic E-state index is 0.00834. The molecule has 112 valence electrons. The van der Waals surface area contributed by atoms with Crippen LogP contribution in [0.15, 0.2) is 18.2 Å². The summed E-state index contributed by atoms with van der Waals surface area (Å²) in [6.07, 6.45) is -0.00834. The van der Waals surface area contributed by atoms with Gasteiger partial charge in [-0.2, -0.15) is 0 Å². The molecule has 1 saturated heterocycles. The Morgan fingerprint density at radius 1 is 1.40 bits per heavy atom. The largest absolute Gasteiger partial charge is 0.497 e. The smallest absolute Gasteiger partial charge is 0.127 e. The molecule has 0 spiro atoms. The molecule has 1 heterocycles. The number of benzene rings is 1. The van der Waals surface area contributed by atoms with E-state index >= 15 is 0 Å². The van der Waals surface area contributed by atoms with Gasteiger partial charge in [0.05, 0.1) is 33.0 Å². The third-order valence-electron chi connectivity index (χ3n) is 3.83. The summed E-state index contributed by atoms with van der Waals surface area (Å²) in [6.45, 7) is 5.73. The lowest BCUT2D eigenvalue weighted by Gasteiger charge is -2.35. The fourth-order valence-electron chi connectivity index (χ4n) is 2.53. The predicted octanol–water partition coefficient (Wildman–Crippen LogP) is 1.42. The molecule has 0 bridgehead atoms. The number of ether oxygens (including phenoxy) is 3. The zero-order valence-electron chi connectivity index (χ0n) is 12.5. The zero-order valence-corrected chi connectivity index (χ0v) is 12.5. The Morgan fingerprint density at radius 2 is 2.20 bits per heavy atom. The second-order valence-corrected chi connectivity index (χ2v) is 4.94. The highest BCUT2D eigenvalue weighted by Crippen LogP contribution is 2.31. The highest BCUT2D eigenvalue weighted by atomic mass is 16.5. The molecule has 1 aliphatic rings. The second-order valence-electron chi connectivity index (χ2n) is 4.94. The van der Waals surface area contributed by atoms with Crippen molar-refractivity contribution < 1.29 is 14.2 Å². The maximum atomic E-state index is 6.38. The van der Waals surface area contributed by atoms with E-state index in [2.05, 4.69) is 11.8 Å². The lowest BCUT2D eigenvalue weighted by atomic mass is 9.99. The number of methoxy groups -OCH3 is 2. The first-order valence-electron chi connectivity index (χ1n) is 7.01. The molecule has 0 saturated carbocycles. The molecular weight excluding hydrogens is 256 g/mol. The Kier molecular flexibility index (Phi) is 5.23. The van der Waals surface area contributed by atoms with Gasteiger partial charge in [-0.25, -0.2) is 0 Å². The van der Waals surface area contributed by atoms with Crippen LogP contribution in [0.1, 0.15) is 18.5 Å². The van der Waals surface area contributed by atoms with Crippen LogP contribution in [0.2, 0.25) is 0 Å². The molecule has 2 unspecified atom stereocenters. The minimum Gasteiger partial charge on any atom is -0.497 e. The SMILES string of the molecule is CCN1CCOC(C(N)c2ccc(OC)cc2OC)C1. The molecule has 1 aromatic carbocycles. The van der Waals surface area contributed by atoms with Crippen molar-refractivity contribution in [3.63, 3.8) is 0 Å². The zero-order chi connectivity index (χ0) is 14.5. The van der Waals surface area contributed by atoms with Gasteiger partial charge in [0.15, 0.2) is 0 Å². The van der Waals surface area contributed by atoms with Crippen LogP contribution in [0.5, 0.6) is 11.5 Å². The summed E-state index contributed by atoms with van der Waals surface area (Å²) >= 11 is 0. The maximum Gasteiger partial charge on any atom is 0.127 e. The number of morpholine rings is 1. The van der Waals surface area contributed by atoms with Crippen molar-refractivity contribution in [3.05, 3.63) is 23.8 Å². The lowest BCUT2D eigenvalue weighted by molar-refractivity contribution is -0.0395. The van der Waals surface area contributed by atoms with Crippen LogP contribution in [-0.2, 0) is 4.74 Å². The molecule has 2 atom stereocenters. The Morgan fingerprint density at radius 3 is 2.85 bits per heavy atom. The maximum absolute atomic E-state index is 6.38. The molecule has 1 aliphatic heterocycles. The molecule has 0 aromatic heterocycles. The molecule has 0 amide bonds. The molecular formula is C15H24N2O3. The summed E-state index contributed by atoms with van der Waals surface area (Å²) in [6, 6.07) is 5.51. The molecule has 20 heavy (non-hydrogen) atoms. The Labute approximate surface area is 120 Å². The lowest BCUT2D eigenvalue weighted by Crippen LogP contribution is -2.46. The van der Waals surface area contributed by atoms with Crippen molar-refractivity contribution in [1.29, 1.82) is 0 Å². The summed E-state index contributed by atoms with van der Waals surface area (Å²) in [4.78, 5) is 2.35. The van der Waals surface area contributed by atoms with E-state index in [9.17, 15) is 0 Å². The molecule has 2 rings (SSSR count). The number of rotatable bonds is 5. The third-order valence-corrected chi connectivity index (χ3v) is 3.83. The van der Waals surface area contributed by atoms with Crippen LogP contribution in [0.25, 0.3) is 0 Å². The van der Waals surface area contributed by atoms with E-state index < -0.39 is 0 Å². The van der Waals surface area contributed by atoms with Gasteiger partial charge in [-0.05, 0) is 18.7 Å². The Balaban J connectivity index is 2.17. The topological polar surface area (TPSA) is 57.0 Å². The van der Waals surface area contributed by atoms with Gasteiger partial charge >= 0.3 is 0 Å². The summed E-state index contributed by atoms with van der Waals surface area (Å²) in [5.74, 6) is 1.51. The van der Waals surface area contributed by atoms with Gasteiger partial charge < -0.3 is 19.9 Å². The fraction of sp³-hybridized carbons (Fsp3) is 0.600. The van der Waals surface area contributed by atoms with Crippen LogP contribution in [-0.4, -0.2) is 51.5 Å². The van der Waals surface area contributed by atoms with Crippen molar-refractivity contribution >= 4 is 0 Å². The van der Waals surface area contributed by atoms with Crippen LogP contribution < -0.4 is 15.2 Å². The second kappa shape index (κ2) is 6.92. The van der Waals surface area contributed by atoms with Gasteiger partial charge in [0.1, 0.15) is 11.5 Å². The predicted molar refractivity (Wildman–Crippen MR) is 78.3 cm³/mol. The van der Waals surface area contributed by atoms with Crippen LogP contribution in [0.4, 0.5) is 0 Å². The van der Waals surface area contributed by atoms with Gasteiger partial charge in [-0.15, -0.1) is 0 Å². The average molecular weight is 280 g/mol. The number of hydrogen-bond donors (Lipinski definition) is 1. The first-order valence-corrected chi connectivity index (χ1v) is 7.01. The standard InChI is InChI=1S/C15H24N2O3/c1-4-17-7-8-20-14(10-17)15(16)12-6-5-11(18-2)9-13(12)19-3/h5-6,9,14-15H,4,7-8,10,16H2,1-3H3. The molecule has 1 fully saturated rings. The Bertz CT molecular complexity index is 439. The third kappa shape index (κ3) is 3.23. The molecule has 5 nitrogen and oxygen atoms in total. The van der Waals surface area contributed by atoms with Gasteiger partial charge in [-0.3, -0.25) is 4.90 Å². The van der Waals surface area contributed by atoms with Gasteiger partial charge in [0.2, 0.25) is 0 Å². The van der Waals surface area contributed by atoms with Crippen LogP contribution >= 0.6 is 0 Å². The van der Waals surface area contributed by atoms with E-state index in [1.807, 2.05) is 18.2 Å². The quantitative estimate of drug-likeness (QED) is 0.884. The molecule has 0 radical (unpaired) electrons. The van der Waals surface area contributed by atoms with E-state index in [0.717, 1.165) is 43.3 Å². The highest BCUT2D eigenvalue weighted by Gasteiger charge is 2.28. The van der Waals surface area contributed by atoms with E-state index in [0.29, 0.717) is 0 Å². The van der Waals surface area contributed by atoms with Gasteiger partial charge in [0.25, 0.3) is 0 Å². The normalized spacial score (nSPS) is 21.5. The average Bonchev–Trinajstić information content (AvgIpc) is 2.53. The minimum atomic E-state index is -0.204. The van der Waals surface area contributed by atoms with E-state index in [1.165, 1.54) is 0 Å².